The second-order valence-corrected chi connectivity index (χ2v) is 2.30. The number of ether oxygens (including phenoxy) is 1. The summed E-state index contributed by atoms with van der Waals surface area (Å²) in [5, 5.41) is 0. The summed E-state index contributed by atoms with van der Waals surface area (Å²) in [6.45, 7) is -1.44. The minimum atomic E-state index is -4.30. The Morgan fingerprint density at radius 1 is 1.50 bits per heavy atom. The first kappa shape index (κ1) is 11.3. The van der Waals surface area contributed by atoms with Crippen molar-refractivity contribution >= 4 is 0 Å². The maximum absolute atomic E-state index is 11.5. The van der Waals surface area contributed by atoms with Crippen LogP contribution in [0.4, 0.5) is 13.2 Å². The lowest BCUT2D eigenvalue weighted by molar-refractivity contribution is -0.174. The van der Waals surface area contributed by atoms with Gasteiger partial charge in [0, 0.05) is 12.5 Å². The number of terminal acetylenes is 1. The zero-order valence-corrected chi connectivity index (χ0v) is 6.40. The quantitative estimate of drug-likeness (QED) is 0.654. The first-order chi connectivity index (χ1) is 5.45. The van der Waals surface area contributed by atoms with Gasteiger partial charge in [-0.1, -0.05) is 0 Å². The van der Waals surface area contributed by atoms with Gasteiger partial charge < -0.3 is 10.5 Å². The van der Waals surface area contributed by atoms with Gasteiger partial charge in [-0.3, -0.25) is 0 Å². The molecular weight excluding hydrogens is 171 g/mol. The Balaban J connectivity index is 3.38. The molecule has 0 spiro atoms. The van der Waals surface area contributed by atoms with Crippen LogP contribution in [0.1, 0.15) is 6.42 Å². The Labute approximate surface area is 68.9 Å². The lowest BCUT2D eigenvalue weighted by Gasteiger charge is -2.10. The van der Waals surface area contributed by atoms with Crippen molar-refractivity contribution in [2.24, 2.45) is 5.73 Å². The van der Waals surface area contributed by atoms with Crippen LogP contribution in [0.15, 0.2) is 0 Å². The van der Waals surface area contributed by atoms with E-state index in [1.54, 1.807) is 0 Å². The summed E-state index contributed by atoms with van der Waals surface area (Å²) in [6, 6.07) is -0.516. The van der Waals surface area contributed by atoms with Gasteiger partial charge in [0.15, 0.2) is 0 Å². The number of nitrogens with two attached hydrogens (primary N) is 1. The van der Waals surface area contributed by atoms with E-state index in [-0.39, 0.29) is 13.0 Å². The van der Waals surface area contributed by atoms with Gasteiger partial charge in [0.1, 0.15) is 6.61 Å². The molecule has 0 aliphatic rings. The molecule has 1 atom stereocenters. The topological polar surface area (TPSA) is 35.2 Å². The Morgan fingerprint density at radius 2 is 2.08 bits per heavy atom. The van der Waals surface area contributed by atoms with Crippen LogP contribution in [0.5, 0.6) is 0 Å². The van der Waals surface area contributed by atoms with E-state index in [1.807, 2.05) is 0 Å². The van der Waals surface area contributed by atoms with Gasteiger partial charge in [0.2, 0.25) is 0 Å². The Kier molecular flexibility index (Phi) is 4.71. The number of alkyl halides is 3. The average molecular weight is 181 g/mol. The molecule has 0 heterocycles. The van der Waals surface area contributed by atoms with E-state index < -0.39 is 18.8 Å². The number of rotatable bonds is 4. The molecule has 1 unspecified atom stereocenters. The Hall–Kier alpha value is -0.730. The van der Waals surface area contributed by atoms with Crippen molar-refractivity contribution < 1.29 is 17.9 Å². The molecule has 5 heteroatoms. The van der Waals surface area contributed by atoms with Crippen molar-refractivity contribution in [2.75, 3.05) is 13.2 Å². The molecule has 70 valence electrons. The maximum atomic E-state index is 11.5. The molecule has 0 aromatic rings. The van der Waals surface area contributed by atoms with Gasteiger partial charge in [-0.2, -0.15) is 13.2 Å². The zero-order valence-electron chi connectivity index (χ0n) is 6.40. The average Bonchev–Trinajstić information content (AvgIpc) is 1.84. The van der Waals surface area contributed by atoms with Crippen LogP contribution in [0, 0.1) is 12.3 Å². The summed E-state index contributed by atoms with van der Waals surface area (Å²) < 4.78 is 38.7. The van der Waals surface area contributed by atoms with E-state index in [2.05, 4.69) is 10.7 Å². The summed E-state index contributed by atoms with van der Waals surface area (Å²) >= 11 is 0. The predicted octanol–water partition coefficient (Wildman–Crippen LogP) is 0.916. The number of hydrogen-bond donors (Lipinski definition) is 1. The van der Waals surface area contributed by atoms with Crippen molar-refractivity contribution in [3.8, 4) is 12.3 Å². The fourth-order valence-corrected chi connectivity index (χ4v) is 0.536. The van der Waals surface area contributed by atoms with Gasteiger partial charge >= 0.3 is 6.18 Å². The molecule has 0 aliphatic carbocycles. The van der Waals surface area contributed by atoms with Crippen LogP contribution in [-0.4, -0.2) is 25.4 Å². The van der Waals surface area contributed by atoms with Crippen LogP contribution in [0.25, 0.3) is 0 Å². The van der Waals surface area contributed by atoms with Crippen LogP contribution in [-0.2, 0) is 4.74 Å². The second kappa shape index (κ2) is 5.01. The van der Waals surface area contributed by atoms with Gasteiger partial charge in [0.25, 0.3) is 0 Å². The van der Waals surface area contributed by atoms with Crippen LogP contribution >= 0.6 is 0 Å². The molecular formula is C7H10F3NO. The summed E-state index contributed by atoms with van der Waals surface area (Å²) in [5.74, 6) is 2.23. The maximum Gasteiger partial charge on any atom is 0.411 e. The zero-order chi connectivity index (χ0) is 9.61. The highest BCUT2D eigenvalue weighted by Gasteiger charge is 2.27. The molecule has 0 bridgehead atoms. The lowest BCUT2D eigenvalue weighted by atomic mass is 10.2. The highest BCUT2D eigenvalue weighted by molar-refractivity contribution is 4.88. The molecule has 2 nitrogen and oxygen atoms in total. The molecule has 0 saturated carbocycles. The third-order valence-corrected chi connectivity index (χ3v) is 0.978. The smallest absolute Gasteiger partial charge is 0.370 e. The lowest BCUT2D eigenvalue weighted by Crippen LogP contribution is -2.28. The van der Waals surface area contributed by atoms with Crippen LogP contribution < -0.4 is 5.73 Å². The van der Waals surface area contributed by atoms with Gasteiger partial charge in [0.05, 0.1) is 6.61 Å². The molecule has 0 rings (SSSR count). The molecule has 2 N–H and O–H groups in total. The first-order valence-corrected chi connectivity index (χ1v) is 3.29. The molecule has 0 fully saturated rings. The minimum absolute atomic E-state index is 0.163. The van der Waals surface area contributed by atoms with E-state index in [0.29, 0.717) is 0 Å². The standard InChI is InChI=1S/C7H10F3NO/c1-2-3-6(11)4-12-5-7(8,9)10/h1,6H,3-5,11H2. The summed E-state index contributed by atoms with van der Waals surface area (Å²) in [4.78, 5) is 0. The summed E-state index contributed by atoms with van der Waals surface area (Å²) in [5.41, 5.74) is 5.28. The third-order valence-electron chi connectivity index (χ3n) is 0.978. The van der Waals surface area contributed by atoms with E-state index >= 15 is 0 Å². The molecule has 0 aliphatic heterocycles. The normalized spacial score (nSPS) is 13.9. The van der Waals surface area contributed by atoms with Crippen LogP contribution in [0.2, 0.25) is 0 Å². The fraction of sp³-hybridized carbons (Fsp3) is 0.714. The monoisotopic (exact) mass is 181 g/mol. The Morgan fingerprint density at radius 3 is 2.50 bits per heavy atom. The molecule has 0 amide bonds. The van der Waals surface area contributed by atoms with E-state index in [9.17, 15) is 13.2 Å². The van der Waals surface area contributed by atoms with Gasteiger partial charge in [-0.25, -0.2) is 0 Å². The summed E-state index contributed by atoms with van der Waals surface area (Å²) in [7, 11) is 0. The number of hydrogen-bond acceptors (Lipinski definition) is 2. The van der Waals surface area contributed by atoms with E-state index in [4.69, 9.17) is 12.2 Å². The van der Waals surface area contributed by atoms with E-state index in [0.717, 1.165) is 0 Å². The third kappa shape index (κ3) is 7.38. The molecule has 0 aromatic heterocycles. The largest absolute Gasteiger partial charge is 0.411 e. The van der Waals surface area contributed by atoms with E-state index in [1.165, 1.54) is 0 Å². The van der Waals surface area contributed by atoms with Gasteiger partial charge in [-0.05, 0) is 0 Å². The number of halogens is 3. The van der Waals surface area contributed by atoms with Crippen molar-refractivity contribution in [2.45, 2.75) is 18.6 Å². The van der Waals surface area contributed by atoms with Crippen molar-refractivity contribution in [1.29, 1.82) is 0 Å². The summed E-state index contributed by atoms with van der Waals surface area (Å²) in [6.07, 6.45) is 0.804. The Bertz CT molecular complexity index is 161. The first-order valence-electron chi connectivity index (χ1n) is 3.29. The highest BCUT2D eigenvalue weighted by atomic mass is 19.4. The molecule has 0 saturated heterocycles. The van der Waals surface area contributed by atoms with Gasteiger partial charge in [-0.15, -0.1) is 12.3 Å². The van der Waals surface area contributed by atoms with Crippen LogP contribution in [0.3, 0.4) is 0 Å². The predicted molar refractivity (Wildman–Crippen MR) is 38.3 cm³/mol. The van der Waals surface area contributed by atoms with Crippen molar-refractivity contribution in [3.05, 3.63) is 0 Å². The van der Waals surface area contributed by atoms with Crippen molar-refractivity contribution in [3.63, 3.8) is 0 Å². The molecule has 12 heavy (non-hydrogen) atoms. The SMILES string of the molecule is C#CCC(N)COCC(F)(F)F. The minimum Gasteiger partial charge on any atom is -0.370 e. The van der Waals surface area contributed by atoms with Crippen molar-refractivity contribution in [1.82, 2.24) is 0 Å². The molecule has 0 radical (unpaired) electrons. The molecule has 0 aromatic carbocycles. The second-order valence-electron chi connectivity index (χ2n) is 2.30. The highest BCUT2D eigenvalue weighted by Crippen LogP contribution is 2.14. The fourth-order valence-electron chi connectivity index (χ4n) is 0.536.